The van der Waals surface area contributed by atoms with E-state index in [4.69, 9.17) is 9.47 Å². The van der Waals surface area contributed by atoms with E-state index >= 15 is 0 Å². The van der Waals surface area contributed by atoms with Crippen molar-refractivity contribution in [1.29, 1.82) is 0 Å². The molecular formula is C19H25NO2. The van der Waals surface area contributed by atoms with Gasteiger partial charge in [0.2, 0.25) is 0 Å². The molecule has 0 heterocycles. The van der Waals surface area contributed by atoms with Crippen LogP contribution in [0.15, 0.2) is 48.5 Å². The molecule has 0 aliphatic heterocycles. The molecule has 0 saturated carbocycles. The van der Waals surface area contributed by atoms with Gasteiger partial charge in [-0.05, 0) is 62.2 Å². The maximum atomic E-state index is 5.72. The number of ether oxygens (including phenoxy) is 2. The van der Waals surface area contributed by atoms with Gasteiger partial charge in [0.05, 0.1) is 12.7 Å². The second-order valence-corrected chi connectivity index (χ2v) is 5.54. The zero-order chi connectivity index (χ0) is 15.8. The molecular weight excluding hydrogens is 274 g/mol. The summed E-state index contributed by atoms with van der Waals surface area (Å²) in [6.45, 7) is 7.70. The average molecular weight is 299 g/mol. The number of rotatable bonds is 8. The van der Waals surface area contributed by atoms with Crippen LogP contribution >= 0.6 is 0 Å². The lowest BCUT2D eigenvalue weighted by Gasteiger charge is -2.12. The summed E-state index contributed by atoms with van der Waals surface area (Å²) in [6.07, 6.45) is 1.22. The van der Waals surface area contributed by atoms with Gasteiger partial charge >= 0.3 is 0 Å². The molecule has 2 rings (SSSR count). The molecule has 0 atom stereocenters. The Hall–Kier alpha value is -2.16. The molecule has 0 saturated heterocycles. The number of hydrogen-bond donors (Lipinski definition) is 1. The highest BCUT2D eigenvalue weighted by Crippen LogP contribution is 2.18. The summed E-state index contributed by atoms with van der Waals surface area (Å²) < 4.78 is 11.3. The molecule has 0 radical (unpaired) electrons. The van der Waals surface area contributed by atoms with E-state index in [0.717, 1.165) is 36.8 Å². The Kier molecular flexibility index (Phi) is 6.13. The van der Waals surface area contributed by atoms with Crippen LogP contribution in [0.4, 0.5) is 5.69 Å². The smallest absolute Gasteiger partial charge is 0.120 e. The normalized spacial score (nSPS) is 10.5. The van der Waals surface area contributed by atoms with Crippen molar-refractivity contribution in [1.82, 2.24) is 0 Å². The van der Waals surface area contributed by atoms with Crippen LogP contribution in [0.5, 0.6) is 11.5 Å². The van der Waals surface area contributed by atoms with E-state index in [1.165, 1.54) is 5.56 Å². The van der Waals surface area contributed by atoms with Crippen LogP contribution < -0.4 is 14.8 Å². The Balaban J connectivity index is 1.89. The van der Waals surface area contributed by atoms with Crippen molar-refractivity contribution in [3.05, 3.63) is 54.1 Å². The molecule has 1 N–H and O–H groups in total. The maximum Gasteiger partial charge on any atom is 0.120 e. The summed E-state index contributed by atoms with van der Waals surface area (Å²) in [6, 6.07) is 16.3. The third kappa shape index (κ3) is 5.32. The Morgan fingerprint density at radius 3 is 2.45 bits per heavy atom. The van der Waals surface area contributed by atoms with E-state index in [-0.39, 0.29) is 6.10 Å². The second kappa shape index (κ2) is 8.32. The van der Waals surface area contributed by atoms with Crippen molar-refractivity contribution in [3.8, 4) is 11.5 Å². The highest BCUT2D eigenvalue weighted by Gasteiger charge is 2.00. The van der Waals surface area contributed by atoms with Crippen molar-refractivity contribution in [2.75, 3.05) is 11.9 Å². The fourth-order valence-electron chi connectivity index (χ4n) is 2.09. The van der Waals surface area contributed by atoms with Crippen LogP contribution in [0.3, 0.4) is 0 Å². The van der Waals surface area contributed by atoms with Gasteiger partial charge in [0.15, 0.2) is 0 Å². The topological polar surface area (TPSA) is 30.5 Å². The molecule has 0 aromatic heterocycles. The van der Waals surface area contributed by atoms with Gasteiger partial charge in [0, 0.05) is 12.2 Å². The third-order valence-corrected chi connectivity index (χ3v) is 3.09. The van der Waals surface area contributed by atoms with Crippen LogP contribution in [0, 0.1) is 0 Å². The van der Waals surface area contributed by atoms with Crippen molar-refractivity contribution in [3.63, 3.8) is 0 Å². The average Bonchev–Trinajstić information content (AvgIpc) is 2.52. The molecule has 3 heteroatoms. The molecule has 0 aliphatic carbocycles. The van der Waals surface area contributed by atoms with Crippen molar-refractivity contribution in [2.45, 2.75) is 39.8 Å². The van der Waals surface area contributed by atoms with Crippen LogP contribution in [0.2, 0.25) is 0 Å². The monoisotopic (exact) mass is 299 g/mol. The summed E-state index contributed by atoms with van der Waals surface area (Å²) in [7, 11) is 0. The van der Waals surface area contributed by atoms with Gasteiger partial charge in [0.25, 0.3) is 0 Å². The quantitative estimate of drug-likeness (QED) is 0.754. The Morgan fingerprint density at radius 1 is 1.00 bits per heavy atom. The second-order valence-electron chi connectivity index (χ2n) is 5.54. The molecule has 0 spiro atoms. The van der Waals surface area contributed by atoms with Gasteiger partial charge in [-0.2, -0.15) is 0 Å². The molecule has 0 bridgehead atoms. The van der Waals surface area contributed by atoms with E-state index in [0.29, 0.717) is 0 Å². The largest absolute Gasteiger partial charge is 0.494 e. The molecule has 22 heavy (non-hydrogen) atoms. The third-order valence-electron chi connectivity index (χ3n) is 3.09. The Bertz CT molecular complexity index is 564. The lowest BCUT2D eigenvalue weighted by molar-refractivity contribution is 0.242. The summed E-state index contributed by atoms with van der Waals surface area (Å²) in [5, 5.41) is 3.41. The first-order valence-electron chi connectivity index (χ1n) is 7.89. The lowest BCUT2D eigenvalue weighted by atomic mass is 10.2. The SMILES string of the molecule is CCCOc1ccc(NCc2cccc(OC(C)C)c2)cc1. The zero-order valence-electron chi connectivity index (χ0n) is 13.6. The molecule has 3 nitrogen and oxygen atoms in total. The first-order valence-corrected chi connectivity index (χ1v) is 7.89. The van der Waals surface area contributed by atoms with Gasteiger partial charge in [-0.1, -0.05) is 19.1 Å². The number of nitrogens with one attached hydrogen (secondary N) is 1. The van der Waals surface area contributed by atoms with E-state index in [1.807, 2.05) is 50.2 Å². The molecule has 0 amide bonds. The molecule has 0 unspecified atom stereocenters. The van der Waals surface area contributed by atoms with Gasteiger partial charge < -0.3 is 14.8 Å². The molecule has 0 aliphatic rings. The van der Waals surface area contributed by atoms with E-state index in [1.54, 1.807) is 0 Å². The lowest BCUT2D eigenvalue weighted by Crippen LogP contribution is -2.06. The number of hydrogen-bond acceptors (Lipinski definition) is 3. The molecule has 118 valence electrons. The van der Waals surface area contributed by atoms with Gasteiger partial charge in [-0.3, -0.25) is 0 Å². The summed E-state index contributed by atoms with van der Waals surface area (Å²) >= 11 is 0. The van der Waals surface area contributed by atoms with Gasteiger partial charge in [0.1, 0.15) is 11.5 Å². The molecule has 2 aromatic rings. The van der Waals surface area contributed by atoms with Crippen LogP contribution in [0.1, 0.15) is 32.8 Å². The zero-order valence-corrected chi connectivity index (χ0v) is 13.6. The first kappa shape index (κ1) is 16.2. The van der Waals surface area contributed by atoms with Crippen LogP contribution in [-0.2, 0) is 6.54 Å². The Labute approximate surface area is 133 Å². The highest BCUT2D eigenvalue weighted by atomic mass is 16.5. The maximum absolute atomic E-state index is 5.72. The summed E-state index contributed by atoms with van der Waals surface area (Å²) in [5.74, 6) is 1.83. The molecule has 2 aromatic carbocycles. The number of anilines is 1. The highest BCUT2D eigenvalue weighted by molar-refractivity contribution is 5.47. The van der Waals surface area contributed by atoms with E-state index < -0.39 is 0 Å². The van der Waals surface area contributed by atoms with Crippen LogP contribution in [-0.4, -0.2) is 12.7 Å². The standard InChI is InChI=1S/C19H25NO2/c1-4-12-21-18-10-8-17(9-11-18)20-14-16-6-5-7-19(13-16)22-15(2)3/h5-11,13,15,20H,4,12,14H2,1-3H3. The minimum Gasteiger partial charge on any atom is -0.494 e. The summed E-state index contributed by atoms with van der Waals surface area (Å²) in [5.41, 5.74) is 2.28. The summed E-state index contributed by atoms with van der Waals surface area (Å²) in [4.78, 5) is 0. The van der Waals surface area contributed by atoms with Crippen LogP contribution in [0.25, 0.3) is 0 Å². The minimum absolute atomic E-state index is 0.193. The van der Waals surface area contributed by atoms with Crippen molar-refractivity contribution < 1.29 is 9.47 Å². The van der Waals surface area contributed by atoms with E-state index in [2.05, 4.69) is 24.4 Å². The molecule has 0 fully saturated rings. The Morgan fingerprint density at radius 2 is 1.77 bits per heavy atom. The predicted octanol–water partition coefficient (Wildman–Crippen LogP) is 4.87. The fraction of sp³-hybridized carbons (Fsp3) is 0.368. The van der Waals surface area contributed by atoms with E-state index in [9.17, 15) is 0 Å². The van der Waals surface area contributed by atoms with Gasteiger partial charge in [-0.25, -0.2) is 0 Å². The predicted molar refractivity (Wildman–Crippen MR) is 91.8 cm³/mol. The minimum atomic E-state index is 0.193. The van der Waals surface area contributed by atoms with Crippen molar-refractivity contribution in [2.24, 2.45) is 0 Å². The van der Waals surface area contributed by atoms with Crippen molar-refractivity contribution >= 4 is 5.69 Å². The fourth-order valence-corrected chi connectivity index (χ4v) is 2.09. The van der Waals surface area contributed by atoms with Gasteiger partial charge in [-0.15, -0.1) is 0 Å². The first-order chi connectivity index (χ1) is 10.7. The number of benzene rings is 2.